The van der Waals surface area contributed by atoms with Crippen molar-refractivity contribution in [3.05, 3.63) is 59.1 Å². The van der Waals surface area contributed by atoms with Gasteiger partial charge in [0.2, 0.25) is 0 Å². The fraction of sp³-hybridized carbons (Fsp3) is 0. The Balaban J connectivity index is 1.99. The Morgan fingerprint density at radius 2 is 2.00 bits per heavy atom. The van der Waals surface area contributed by atoms with Gasteiger partial charge in [0.15, 0.2) is 0 Å². The van der Waals surface area contributed by atoms with Gasteiger partial charge in [0.1, 0.15) is 5.82 Å². The summed E-state index contributed by atoms with van der Waals surface area (Å²) in [6, 6.07) is 10.6. The largest absolute Gasteiger partial charge is 0.277 e. The lowest BCUT2D eigenvalue weighted by atomic mass is 10.1. The summed E-state index contributed by atoms with van der Waals surface area (Å²) in [6.45, 7) is 0. The molecule has 0 atom stereocenters. The molecule has 0 radical (unpaired) electrons. The minimum absolute atomic E-state index is 0.282. The SMILES string of the molecule is Fc1ccc(-c2cc(-c3cccnc3)n[nH]2)cc1Br. The molecule has 0 aliphatic rings. The van der Waals surface area contributed by atoms with Crippen molar-refractivity contribution in [2.75, 3.05) is 0 Å². The molecule has 19 heavy (non-hydrogen) atoms. The number of rotatable bonds is 2. The fourth-order valence-electron chi connectivity index (χ4n) is 1.80. The Morgan fingerprint density at radius 3 is 2.74 bits per heavy atom. The van der Waals surface area contributed by atoms with E-state index in [1.807, 2.05) is 18.2 Å². The Kier molecular flexibility index (Phi) is 3.13. The number of hydrogen-bond acceptors (Lipinski definition) is 2. The number of nitrogens with zero attached hydrogens (tertiary/aromatic N) is 2. The molecule has 0 bridgehead atoms. The molecule has 3 nitrogen and oxygen atoms in total. The number of nitrogens with one attached hydrogen (secondary N) is 1. The second-order valence-electron chi connectivity index (χ2n) is 4.04. The summed E-state index contributed by atoms with van der Waals surface area (Å²) in [5, 5.41) is 7.19. The molecule has 0 saturated carbocycles. The van der Waals surface area contributed by atoms with Crippen molar-refractivity contribution in [2.45, 2.75) is 0 Å². The van der Waals surface area contributed by atoms with E-state index in [0.29, 0.717) is 4.47 Å². The summed E-state index contributed by atoms with van der Waals surface area (Å²) >= 11 is 3.18. The number of H-pyrrole nitrogens is 1. The van der Waals surface area contributed by atoms with Crippen LogP contribution < -0.4 is 0 Å². The Hall–Kier alpha value is -2.01. The molecule has 0 spiro atoms. The topological polar surface area (TPSA) is 41.6 Å². The van der Waals surface area contributed by atoms with E-state index in [9.17, 15) is 4.39 Å². The standard InChI is InChI=1S/C14H9BrFN3/c15-11-6-9(3-4-12(11)16)13-7-14(19-18-13)10-2-1-5-17-8-10/h1-8H,(H,18,19). The number of benzene rings is 1. The number of hydrogen-bond donors (Lipinski definition) is 1. The third kappa shape index (κ3) is 2.42. The van der Waals surface area contributed by atoms with Gasteiger partial charge in [-0.2, -0.15) is 5.10 Å². The van der Waals surface area contributed by atoms with Crippen molar-refractivity contribution >= 4 is 15.9 Å². The number of halogens is 2. The highest BCUT2D eigenvalue weighted by Gasteiger charge is 2.07. The maximum absolute atomic E-state index is 13.2. The van der Waals surface area contributed by atoms with E-state index in [-0.39, 0.29) is 5.82 Å². The van der Waals surface area contributed by atoms with Crippen LogP contribution in [0.4, 0.5) is 4.39 Å². The van der Waals surface area contributed by atoms with Crippen LogP contribution in [-0.2, 0) is 0 Å². The van der Waals surface area contributed by atoms with Gasteiger partial charge < -0.3 is 0 Å². The molecule has 1 aromatic carbocycles. The second-order valence-corrected chi connectivity index (χ2v) is 4.89. The Morgan fingerprint density at radius 1 is 1.11 bits per heavy atom. The van der Waals surface area contributed by atoms with Crippen LogP contribution >= 0.6 is 15.9 Å². The molecule has 94 valence electrons. The summed E-state index contributed by atoms with van der Waals surface area (Å²) in [5.74, 6) is -0.282. The summed E-state index contributed by atoms with van der Waals surface area (Å²) in [6.07, 6.45) is 3.47. The minimum Gasteiger partial charge on any atom is -0.277 e. The molecule has 2 aromatic heterocycles. The molecule has 2 heterocycles. The summed E-state index contributed by atoms with van der Waals surface area (Å²) in [5.41, 5.74) is 3.45. The van der Waals surface area contributed by atoms with Gasteiger partial charge in [0, 0.05) is 23.5 Å². The number of aromatic amines is 1. The van der Waals surface area contributed by atoms with Crippen LogP contribution in [0, 0.1) is 5.82 Å². The highest BCUT2D eigenvalue weighted by atomic mass is 79.9. The van der Waals surface area contributed by atoms with E-state index in [1.165, 1.54) is 6.07 Å². The number of pyridine rings is 1. The van der Waals surface area contributed by atoms with Crippen molar-refractivity contribution in [3.63, 3.8) is 0 Å². The first-order valence-electron chi connectivity index (χ1n) is 5.65. The monoisotopic (exact) mass is 317 g/mol. The third-order valence-corrected chi connectivity index (χ3v) is 3.37. The van der Waals surface area contributed by atoms with Gasteiger partial charge in [-0.15, -0.1) is 0 Å². The first-order valence-corrected chi connectivity index (χ1v) is 6.44. The van der Waals surface area contributed by atoms with Gasteiger partial charge in [-0.3, -0.25) is 10.1 Å². The van der Waals surface area contributed by atoms with Crippen molar-refractivity contribution in [1.29, 1.82) is 0 Å². The molecule has 0 aliphatic heterocycles. The zero-order valence-electron chi connectivity index (χ0n) is 9.77. The molecule has 0 fully saturated rings. The van der Waals surface area contributed by atoms with Crippen LogP contribution in [-0.4, -0.2) is 15.2 Å². The lowest BCUT2D eigenvalue weighted by Gasteiger charge is -1.99. The second kappa shape index (κ2) is 4.93. The summed E-state index contributed by atoms with van der Waals surface area (Å²) in [7, 11) is 0. The zero-order chi connectivity index (χ0) is 13.2. The van der Waals surface area contributed by atoms with Crippen molar-refractivity contribution in [1.82, 2.24) is 15.2 Å². The first kappa shape index (κ1) is 12.0. The van der Waals surface area contributed by atoms with Gasteiger partial charge in [0.05, 0.1) is 15.9 Å². The van der Waals surface area contributed by atoms with Crippen LogP contribution in [0.5, 0.6) is 0 Å². The quantitative estimate of drug-likeness (QED) is 0.775. The van der Waals surface area contributed by atoms with E-state index in [1.54, 1.807) is 24.5 Å². The molecule has 1 N–H and O–H groups in total. The van der Waals surface area contributed by atoms with E-state index < -0.39 is 0 Å². The summed E-state index contributed by atoms with van der Waals surface area (Å²) in [4.78, 5) is 4.06. The Bertz CT molecular complexity index is 710. The lowest BCUT2D eigenvalue weighted by Crippen LogP contribution is -1.81. The molecule has 0 unspecified atom stereocenters. The third-order valence-electron chi connectivity index (χ3n) is 2.77. The minimum atomic E-state index is -0.282. The average molecular weight is 318 g/mol. The van der Waals surface area contributed by atoms with Gasteiger partial charge >= 0.3 is 0 Å². The van der Waals surface area contributed by atoms with E-state index >= 15 is 0 Å². The van der Waals surface area contributed by atoms with Gasteiger partial charge in [-0.05, 0) is 52.3 Å². The van der Waals surface area contributed by atoms with Gasteiger partial charge in [-0.25, -0.2) is 4.39 Å². The highest BCUT2D eigenvalue weighted by Crippen LogP contribution is 2.26. The molecule has 3 rings (SSSR count). The molecule has 5 heteroatoms. The van der Waals surface area contributed by atoms with E-state index in [0.717, 1.165) is 22.5 Å². The number of aromatic nitrogens is 3. The smallest absolute Gasteiger partial charge is 0.137 e. The van der Waals surface area contributed by atoms with Crippen LogP contribution in [0.25, 0.3) is 22.5 Å². The molecule has 0 aliphatic carbocycles. The van der Waals surface area contributed by atoms with Crippen molar-refractivity contribution in [2.24, 2.45) is 0 Å². The summed E-state index contributed by atoms with van der Waals surface area (Å²) < 4.78 is 13.6. The average Bonchev–Trinajstić information content (AvgIpc) is 2.93. The van der Waals surface area contributed by atoms with E-state index in [2.05, 4.69) is 31.1 Å². The van der Waals surface area contributed by atoms with Gasteiger partial charge in [-0.1, -0.05) is 0 Å². The molecular formula is C14H9BrFN3. The maximum Gasteiger partial charge on any atom is 0.137 e. The lowest BCUT2D eigenvalue weighted by molar-refractivity contribution is 0.621. The predicted molar refractivity (Wildman–Crippen MR) is 74.9 cm³/mol. The molecule has 0 saturated heterocycles. The van der Waals surface area contributed by atoms with Crippen LogP contribution in [0.2, 0.25) is 0 Å². The molecule has 3 aromatic rings. The fourth-order valence-corrected chi connectivity index (χ4v) is 2.17. The molecule has 0 amide bonds. The van der Waals surface area contributed by atoms with Crippen LogP contribution in [0.1, 0.15) is 0 Å². The predicted octanol–water partition coefficient (Wildman–Crippen LogP) is 4.04. The Labute approximate surface area is 117 Å². The molecular weight excluding hydrogens is 309 g/mol. The van der Waals surface area contributed by atoms with Crippen LogP contribution in [0.3, 0.4) is 0 Å². The zero-order valence-corrected chi connectivity index (χ0v) is 11.4. The highest BCUT2D eigenvalue weighted by molar-refractivity contribution is 9.10. The first-order chi connectivity index (χ1) is 9.24. The van der Waals surface area contributed by atoms with E-state index in [4.69, 9.17) is 0 Å². The normalized spacial score (nSPS) is 10.6. The van der Waals surface area contributed by atoms with Crippen molar-refractivity contribution in [3.8, 4) is 22.5 Å². The maximum atomic E-state index is 13.2. The van der Waals surface area contributed by atoms with Crippen molar-refractivity contribution < 1.29 is 4.39 Å². The van der Waals surface area contributed by atoms with Crippen LogP contribution in [0.15, 0.2) is 53.3 Å². The van der Waals surface area contributed by atoms with Gasteiger partial charge in [0.25, 0.3) is 0 Å².